The SMILES string of the molecule is C[C@H](NC(=O)N(C)CC(N)=O)C(=O)O. The van der Waals surface area contributed by atoms with E-state index in [1.807, 2.05) is 0 Å². The lowest BCUT2D eigenvalue weighted by Crippen LogP contribution is -2.47. The predicted octanol–water partition coefficient (Wildman–Crippen LogP) is -1.41. The van der Waals surface area contributed by atoms with Crippen LogP contribution in [-0.4, -0.2) is 47.5 Å². The van der Waals surface area contributed by atoms with Crippen LogP contribution in [0.15, 0.2) is 0 Å². The van der Waals surface area contributed by atoms with Crippen molar-refractivity contribution in [2.24, 2.45) is 5.73 Å². The summed E-state index contributed by atoms with van der Waals surface area (Å²) in [6.45, 7) is 1.07. The van der Waals surface area contributed by atoms with Crippen molar-refractivity contribution in [3.8, 4) is 0 Å². The minimum Gasteiger partial charge on any atom is -0.480 e. The first-order valence-corrected chi connectivity index (χ1v) is 3.87. The molecule has 3 amide bonds. The molecule has 0 aliphatic carbocycles. The summed E-state index contributed by atoms with van der Waals surface area (Å²) >= 11 is 0. The molecule has 14 heavy (non-hydrogen) atoms. The Morgan fingerprint density at radius 3 is 2.36 bits per heavy atom. The van der Waals surface area contributed by atoms with Gasteiger partial charge in [0.2, 0.25) is 5.91 Å². The number of nitrogens with zero attached hydrogens (tertiary/aromatic N) is 1. The number of urea groups is 1. The fourth-order valence-electron chi connectivity index (χ4n) is 0.663. The number of hydrogen-bond donors (Lipinski definition) is 3. The van der Waals surface area contributed by atoms with E-state index in [1.54, 1.807) is 0 Å². The van der Waals surface area contributed by atoms with Crippen molar-refractivity contribution in [1.82, 2.24) is 10.2 Å². The number of likely N-dealkylation sites (N-methyl/N-ethyl adjacent to an activating group) is 1. The molecule has 7 nitrogen and oxygen atoms in total. The first kappa shape index (κ1) is 12.2. The highest BCUT2D eigenvalue weighted by Crippen LogP contribution is 1.87. The lowest BCUT2D eigenvalue weighted by atomic mass is 10.3. The van der Waals surface area contributed by atoms with E-state index < -0.39 is 23.9 Å². The molecule has 0 aromatic heterocycles. The molecular weight excluding hydrogens is 190 g/mol. The van der Waals surface area contributed by atoms with Crippen LogP contribution in [0.3, 0.4) is 0 Å². The Hall–Kier alpha value is -1.79. The lowest BCUT2D eigenvalue weighted by Gasteiger charge is -2.17. The second-order valence-electron chi connectivity index (χ2n) is 2.83. The Kier molecular flexibility index (Phi) is 4.41. The van der Waals surface area contributed by atoms with Gasteiger partial charge in [-0.2, -0.15) is 0 Å². The highest BCUT2D eigenvalue weighted by Gasteiger charge is 2.17. The monoisotopic (exact) mass is 203 g/mol. The maximum absolute atomic E-state index is 11.1. The third kappa shape index (κ3) is 4.29. The van der Waals surface area contributed by atoms with Gasteiger partial charge in [-0.05, 0) is 6.92 Å². The molecule has 0 aromatic rings. The second-order valence-corrected chi connectivity index (χ2v) is 2.83. The number of hydrogen-bond acceptors (Lipinski definition) is 3. The Morgan fingerprint density at radius 2 is 2.00 bits per heavy atom. The smallest absolute Gasteiger partial charge is 0.325 e. The highest BCUT2D eigenvalue weighted by molar-refractivity contribution is 5.85. The van der Waals surface area contributed by atoms with Gasteiger partial charge >= 0.3 is 12.0 Å². The van der Waals surface area contributed by atoms with Gasteiger partial charge in [0, 0.05) is 7.05 Å². The molecule has 0 aliphatic heterocycles. The van der Waals surface area contributed by atoms with Crippen LogP contribution in [0, 0.1) is 0 Å². The molecule has 0 spiro atoms. The summed E-state index contributed by atoms with van der Waals surface area (Å²) in [4.78, 5) is 32.9. The zero-order chi connectivity index (χ0) is 11.3. The fourth-order valence-corrected chi connectivity index (χ4v) is 0.663. The summed E-state index contributed by atoms with van der Waals surface area (Å²) < 4.78 is 0. The zero-order valence-electron chi connectivity index (χ0n) is 7.98. The molecule has 0 fully saturated rings. The quantitative estimate of drug-likeness (QED) is 0.520. The molecule has 1 atom stereocenters. The molecule has 0 heterocycles. The number of rotatable bonds is 4. The fraction of sp³-hybridized carbons (Fsp3) is 0.571. The van der Waals surface area contributed by atoms with Crippen LogP contribution in [0.5, 0.6) is 0 Å². The molecule has 0 radical (unpaired) electrons. The number of primary amides is 1. The molecular formula is C7H13N3O4. The minimum absolute atomic E-state index is 0.252. The Morgan fingerprint density at radius 1 is 1.50 bits per heavy atom. The normalized spacial score (nSPS) is 11.6. The van der Waals surface area contributed by atoms with E-state index in [4.69, 9.17) is 10.8 Å². The van der Waals surface area contributed by atoms with Crippen molar-refractivity contribution in [2.45, 2.75) is 13.0 Å². The summed E-state index contributed by atoms with van der Waals surface area (Å²) in [5.74, 6) is -1.81. The molecule has 0 aliphatic rings. The van der Waals surface area contributed by atoms with Crippen LogP contribution in [0.2, 0.25) is 0 Å². The molecule has 7 heteroatoms. The van der Waals surface area contributed by atoms with E-state index in [0.29, 0.717) is 0 Å². The molecule has 0 aromatic carbocycles. The van der Waals surface area contributed by atoms with E-state index in [2.05, 4.69) is 5.32 Å². The van der Waals surface area contributed by atoms with Crippen LogP contribution in [0.4, 0.5) is 4.79 Å². The number of nitrogens with two attached hydrogens (primary N) is 1. The standard InChI is InChI=1S/C7H13N3O4/c1-4(6(12)13)9-7(14)10(2)3-5(8)11/h4H,3H2,1-2H3,(H2,8,11)(H,9,14)(H,12,13)/t4-/m0/s1. The number of aliphatic carboxylic acids is 1. The zero-order valence-corrected chi connectivity index (χ0v) is 7.98. The number of carboxylic acid groups (broad SMARTS) is 1. The van der Waals surface area contributed by atoms with E-state index >= 15 is 0 Å². The van der Waals surface area contributed by atoms with E-state index in [9.17, 15) is 14.4 Å². The average molecular weight is 203 g/mol. The van der Waals surface area contributed by atoms with E-state index in [-0.39, 0.29) is 6.54 Å². The van der Waals surface area contributed by atoms with Gasteiger partial charge in [-0.3, -0.25) is 9.59 Å². The van der Waals surface area contributed by atoms with Gasteiger partial charge < -0.3 is 21.1 Å². The topological polar surface area (TPSA) is 113 Å². The molecule has 0 saturated carbocycles. The van der Waals surface area contributed by atoms with Gasteiger partial charge in [-0.15, -0.1) is 0 Å². The van der Waals surface area contributed by atoms with Crippen molar-refractivity contribution in [2.75, 3.05) is 13.6 Å². The molecule has 0 saturated heterocycles. The van der Waals surface area contributed by atoms with Gasteiger partial charge in [-0.1, -0.05) is 0 Å². The van der Waals surface area contributed by atoms with Crippen LogP contribution >= 0.6 is 0 Å². The number of nitrogens with one attached hydrogen (secondary N) is 1. The highest BCUT2D eigenvalue weighted by atomic mass is 16.4. The van der Waals surface area contributed by atoms with Gasteiger partial charge in [0.15, 0.2) is 0 Å². The number of carboxylic acids is 1. The number of amides is 3. The lowest BCUT2D eigenvalue weighted by molar-refractivity contribution is -0.138. The Balaban J connectivity index is 4.07. The Labute approximate surface area is 80.9 Å². The van der Waals surface area contributed by atoms with Gasteiger partial charge in [-0.25, -0.2) is 4.79 Å². The molecule has 0 rings (SSSR count). The summed E-state index contributed by atoms with van der Waals surface area (Å²) in [6.07, 6.45) is 0. The van der Waals surface area contributed by atoms with E-state index in [0.717, 1.165) is 4.90 Å². The molecule has 4 N–H and O–H groups in total. The molecule has 0 bridgehead atoms. The first-order chi connectivity index (χ1) is 6.34. The van der Waals surface area contributed by atoms with Gasteiger partial charge in [0.25, 0.3) is 0 Å². The van der Waals surface area contributed by atoms with Crippen LogP contribution in [0.1, 0.15) is 6.92 Å². The van der Waals surface area contributed by atoms with Crippen LogP contribution in [-0.2, 0) is 9.59 Å². The van der Waals surface area contributed by atoms with Crippen molar-refractivity contribution in [3.05, 3.63) is 0 Å². The third-order valence-corrected chi connectivity index (χ3v) is 1.45. The number of carbonyl (C=O) groups is 3. The van der Waals surface area contributed by atoms with Crippen molar-refractivity contribution in [1.29, 1.82) is 0 Å². The molecule has 80 valence electrons. The number of carbonyl (C=O) groups excluding carboxylic acids is 2. The largest absolute Gasteiger partial charge is 0.480 e. The van der Waals surface area contributed by atoms with Crippen molar-refractivity contribution < 1.29 is 19.5 Å². The second kappa shape index (κ2) is 5.05. The first-order valence-electron chi connectivity index (χ1n) is 3.87. The average Bonchev–Trinajstić information content (AvgIpc) is 2.02. The predicted molar refractivity (Wildman–Crippen MR) is 47.5 cm³/mol. The van der Waals surface area contributed by atoms with E-state index in [1.165, 1.54) is 14.0 Å². The summed E-state index contributed by atoms with van der Waals surface area (Å²) in [7, 11) is 1.34. The summed E-state index contributed by atoms with van der Waals surface area (Å²) in [6, 6.07) is -1.66. The van der Waals surface area contributed by atoms with Gasteiger partial charge in [0.1, 0.15) is 12.6 Å². The minimum atomic E-state index is -1.15. The maximum atomic E-state index is 11.1. The van der Waals surface area contributed by atoms with Crippen LogP contribution in [0.25, 0.3) is 0 Å². The summed E-state index contributed by atoms with van der Waals surface area (Å²) in [5.41, 5.74) is 4.84. The molecule has 0 unspecified atom stereocenters. The maximum Gasteiger partial charge on any atom is 0.325 e. The van der Waals surface area contributed by atoms with Crippen molar-refractivity contribution >= 4 is 17.9 Å². The Bertz CT molecular complexity index is 253. The third-order valence-electron chi connectivity index (χ3n) is 1.45. The summed E-state index contributed by atoms with van der Waals surface area (Å²) in [5, 5.41) is 10.6. The van der Waals surface area contributed by atoms with Crippen molar-refractivity contribution in [3.63, 3.8) is 0 Å². The van der Waals surface area contributed by atoms with Crippen LogP contribution < -0.4 is 11.1 Å². The van der Waals surface area contributed by atoms with Gasteiger partial charge in [0.05, 0.1) is 0 Å².